The molecule has 1 rings (SSSR count). The summed E-state index contributed by atoms with van der Waals surface area (Å²) < 4.78 is 5.28. The van der Waals surface area contributed by atoms with Gasteiger partial charge < -0.3 is 4.74 Å². The van der Waals surface area contributed by atoms with E-state index in [1.165, 1.54) is 0 Å². The van der Waals surface area contributed by atoms with Crippen LogP contribution in [0, 0.1) is 11.3 Å². The molecule has 1 heterocycles. The molecule has 0 aliphatic carbocycles. The molecule has 0 amide bonds. The van der Waals surface area contributed by atoms with Crippen molar-refractivity contribution in [3.63, 3.8) is 0 Å². The van der Waals surface area contributed by atoms with E-state index in [0.29, 0.717) is 6.54 Å². The van der Waals surface area contributed by atoms with Crippen molar-refractivity contribution in [1.82, 2.24) is 4.90 Å². The number of aliphatic imine (C=N–C) groups is 2. The van der Waals surface area contributed by atoms with Gasteiger partial charge in [-0.1, -0.05) is 26.2 Å². The van der Waals surface area contributed by atoms with Crippen LogP contribution < -0.4 is 0 Å². The Morgan fingerprint density at radius 1 is 1.32 bits per heavy atom. The molecule has 1 fully saturated rings. The molecule has 0 aromatic carbocycles. The van der Waals surface area contributed by atoms with E-state index in [0.717, 1.165) is 58.5 Å². The molecule has 0 saturated carbocycles. The van der Waals surface area contributed by atoms with Crippen LogP contribution in [0.2, 0.25) is 0 Å². The second-order valence-electron chi connectivity index (χ2n) is 4.71. The van der Waals surface area contributed by atoms with Gasteiger partial charge in [0.25, 0.3) is 0 Å². The van der Waals surface area contributed by atoms with Crippen molar-refractivity contribution in [2.75, 3.05) is 39.4 Å². The van der Waals surface area contributed by atoms with Crippen LogP contribution in [0.15, 0.2) is 9.98 Å². The number of ether oxygens (including phenoxy) is 1. The average Bonchev–Trinajstić information content (AvgIpc) is 2.46. The minimum absolute atomic E-state index is 0.279. The van der Waals surface area contributed by atoms with E-state index in [-0.39, 0.29) is 6.04 Å². The fourth-order valence-corrected chi connectivity index (χ4v) is 1.92. The summed E-state index contributed by atoms with van der Waals surface area (Å²) in [6.07, 6.45) is 4.18. The lowest BCUT2D eigenvalue weighted by Gasteiger charge is -2.25. The zero-order chi connectivity index (χ0) is 13.8. The number of nitrogens with zero attached hydrogens (tertiary/aromatic N) is 4. The summed E-state index contributed by atoms with van der Waals surface area (Å²) in [5, 5.41) is 8.94. The Hall–Kier alpha value is -1.21. The highest BCUT2D eigenvalue weighted by molar-refractivity contribution is 5.42. The van der Waals surface area contributed by atoms with E-state index in [2.05, 4.69) is 33.9 Å². The van der Waals surface area contributed by atoms with E-state index in [4.69, 9.17) is 10.00 Å². The fraction of sp³-hybridized carbons (Fsp3) is 0.857. The van der Waals surface area contributed by atoms with Crippen molar-refractivity contribution in [3.05, 3.63) is 0 Å². The Labute approximate surface area is 116 Å². The van der Waals surface area contributed by atoms with Crippen LogP contribution in [0.4, 0.5) is 0 Å². The third-order valence-electron chi connectivity index (χ3n) is 3.15. The van der Waals surface area contributed by atoms with E-state index >= 15 is 0 Å². The van der Waals surface area contributed by atoms with Crippen molar-refractivity contribution in [1.29, 1.82) is 5.26 Å². The first-order valence-corrected chi connectivity index (χ1v) is 7.18. The molecule has 19 heavy (non-hydrogen) atoms. The van der Waals surface area contributed by atoms with Crippen molar-refractivity contribution in [2.45, 2.75) is 38.6 Å². The number of morpholine rings is 1. The Morgan fingerprint density at radius 3 is 2.79 bits per heavy atom. The zero-order valence-corrected chi connectivity index (χ0v) is 11.8. The molecule has 1 unspecified atom stereocenters. The predicted octanol–water partition coefficient (Wildman–Crippen LogP) is 1.96. The first-order chi connectivity index (χ1) is 9.36. The Bertz CT molecular complexity index is 325. The number of nitriles is 1. The number of hydrogen-bond acceptors (Lipinski definition) is 5. The van der Waals surface area contributed by atoms with Gasteiger partial charge in [-0.25, -0.2) is 9.98 Å². The largest absolute Gasteiger partial charge is 0.379 e. The van der Waals surface area contributed by atoms with Crippen LogP contribution in [0.3, 0.4) is 0 Å². The molecule has 0 spiro atoms. The minimum atomic E-state index is -0.279. The summed E-state index contributed by atoms with van der Waals surface area (Å²) in [7, 11) is 0. The highest BCUT2D eigenvalue weighted by Gasteiger charge is 2.08. The molecule has 1 aliphatic heterocycles. The molecular weight excluding hydrogens is 240 g/mol. The average molecular weight is 264 g/mol. The van der Waals surface area contributed by atoms with Crippen LogP contribution in [0.5, 0.6) is 0 Å². The lowest BCUT2D eigenvalue weighted by atomic mass is 10.1. The molecule has 1 aliphatic rings. The molecule has 106 valence electrons. The first-order valence-electron chi connectivity index (χ1n) is 7.18. The molecule has 0 N–H and O–H groups in total. The van der Waals surface area contributed by atoms with Gasteiger partial charge >= 0.3 is 0 Å². The zero-order valence-electron chi connectivity index (χ0n) is 11.8. The van der Waals surface area contributed by atoms with Crippen LogP contribution in [-0.4, -0.2) is 56.3 Å². The molecule has 5 nitrogen and oxygen atoms in total. The van der Waals surface area contributed by atoms with Gasteiger partial charge in [-0.15, -0.1) is 0 Å². The van der Waals surface area contributed by atoms with Gasteiger partial charge in [0.1, 0.15) is 6.04 Å². The van der Waals surface area contributed by atoms with Crippen molar-refractivity contribution < 1.29 is 4.74 Å². The highest BCUT2D eigenvalue weighted by Crippen LogP contribution is 2.05. The first kappa shape index (κ1) is 15.8. The second-order valence-corrected chi connectivity index (χ2v) is 4.71. The van der Waals surface area contributed by atoms with E-state index in [1.54, 1.807) is 0 Å². The summed E-state index contributed by atoms with van der Waals surface area (Å²) in [5.41, 5.74) is 0. The molecule has 0 aromatic rings. The molecule has 5 heteroatoms. The van der Waals surface area contributed by atoms with Crippen LogP contribution in [-0.2, 0) is 4.74 Å². The lowest BCUT2D eigenvalue weighted by molar-refractivity contribution is 0.0395. The molecule has 0 bridgehead atoms. The van der Waals surface area contributed by atoms with Gasteiger partial charge in [0, 0.05) is 19.6 Å². The van der Waals surface area contributed by atoms with Gasteiger partial charge in [-0.3, -0.25) is 4.90 Å². The molecule has 0 aromatic heterocycles. The highest BCUT2D eigenvalue weighted by atomic mass is 16.5. The fourth-order valence-electron chi connectivity index (χ4n) is 1.92. The maximum atomic E-state index is 8.94. The Morgan fingerprint density at radius 2 is 2.11 bits per heavy atom. The number of hydrogen-bond donors (Lipinski definition) is 0. The Balaban J connectivity index is 2.17. The van der Waals surface area contributed by atoms with Gasteiger partial charge in [0.15, 0.2) is 0 Å². The van der Waals surface area contributed by atoms with Crippen LogP contribution in [0.25, 0.3) is 0 Å². The molecule has 1 saturated heterocycles. The normalized spacial score (nSPS) is 17.3. The molecule has 0 radical (unpaired) electrons. The third kappa shape index (κ3) is 7.74. The monoisotopic (exact) mass is 264 g/mol. The maximum Gasteiger partial charge on any atom is 0.147 e. The summed E-state index contributed by atoms with van der Waals surface area (Å²) >= 11 is 0. The van der Waals surface area contributed by atoms with E-state index in [9.17, 15) is 0 Å². The number of rotatable bonds is 8. The molecule has 1 atom stereocenters. The SMILES string of the molecule is CCCCCC(C#N)N=C=NCCN1CCOCC1. The summed E-state index contributed by atoms with van der Waals surface area (Å²) in [5.74, 6) is 0. The summed E-state index contributed by atoms with van der Waals surface area (Å²) in [4.78, 5) is 10.5. The van der Waals surface area contributed by atoms with E-state index < -0.39 is 0 Å². The second kappa shape index (κ2) is 10.7. The van der Waals surface area contributed by atoms with Gasteiger partial charge in [0.2, 0.25) is 0 Å². The molecular formula is C14H24N4O. The summed E-state index contributed by atoms with van der Waals surface area (Å²) in [6.45, 7) is 7.33. The van der Waals surface area contributed by atoms with Gasteiger partial charge in [-0.05, 0) is 6.42 Å². The predicted molar refractivity (Wildman–Crippen MR) is 75.5 cm³/mol. The summed E-state index contributed by atoms with van der Waals surface area (Å²) in [6, 6.07) is 4.58. The lowest BCUT2D eigenvalue weighted by Crippen LogP contribution is -2.37. The van der Waals surface area contributed by atoms with Gasteiger partial charge in [-0.2, -0.15) is 5.26 Å². The van der Waals surface area contributed by atoms with Gasteiger partial charge in [0.05, 0.1) is 31.8 Å². The van der Waals surface area contributed by atoms with E-state index in [1.807, 2.05) is 0 Å². The Kier molecular flexibility index (Phi) is 8.91. The number of unbranched alkanes of at least 4 members (excludes halogenated alkanes) is 2. The topological polar surface area (TPSA) is 61.0 Å². The van der Waals surface area contributed by atoms with Crippen molar-refractivity contribution in [3.8, 4) is 6.07 Å². The minimum Gasteiger partial charge on any atom is -0.379 e. The standard InChI is InChI=1S/C14H24N4O/c1-2-3-4-5-14(12-15)17-13-16-6-7-18-8-10-19-11-9-18/h14H,2-11H2,1H3. The van der Waals surface area contributed by atoms with Crippen LogP contribution in [0.1, 0.15) is 32.6 Å². The third-order valence-corrected chi connectivity index (χ3v) is 3.15. The van der Waals surface area contributed by atoms with Crippen LogP contribution >= 0.6 is 0 Å². The van der Waals surface area contributed by atoms with Crippen molar-refractivity contribution in [2.24, 2.45) is 9.98 Å². The smallest absolute Gasteiger partial charge is 0.147 e. The quantitative estimate of drug-likeness (QED) is 0.497. The maximum absolute atomic E-state index is 8.94. The van der Waals surface area contributed by atoms with Crippen molar-refractivity contribution >= 4 is 6.01 Å².